The Hall–Kier alpha value is -1.62. The van der Waals surface area contributed by atoms with E-state index in [-0.39, 0.29) is 0 Å². The second-order valence-electron chi connectivity index (χ2n) is 5.21. The van der Waals surface area contributed by atoms with Gasteiger partial charge in [0.2, 0.25) is 0 Å². The molecule has 0 spiro atoms. The average molecular weight is 386 g/mol. The fraction of sp³-hybridized carbons (Fsp3) is 0.105. The van der Waals surface area contributed by atoms with Crippen LogP contribution in [-0.2, 0) is 5.60 Å². The fourth-order valence-corrected chi connectivity index (χ4v) is 3.67. The van der Waals surface area contributed by atoms with Gasteiger partial charge in [0, 0.05) is 33.1 Å². The topological polar surface area (TPSA) is 33.1 Å². The first kappa shape index (κ1) is 16.2. The molecule has 1 aromatic heterocycles. The molecule has 4 heteroatoms. The van der Waals surface area contributed by atoms with Crippen molar-refractivity contribution < 1.29 is 5.11 Å². The van der Waals surface area contributed by atoms with Gasteiger partial charge in [-0.05, 0) is 35.9 Å². The van der Waals surface area contributed by atoms with E-state index in [1.54, 1.807) is 24.2 Å². The summed E-state index contributed by atoms with van der Waals surface area (Å²) in [4.78, 5) is 5.28. The highest BCUT2D eigenvalue weighted by molar-refractivity contribution is 9.10. The van der Waals surface area contributed by atoms with Gasteiger partial charge in [-0.1, -0.05) is 52.3 Å². The molecule has 0 bridgehead atoms. The summed E-state index contributed by atoms with van der Waals surface area (Å²) in [6, 6.07) is 21.6. The third kappa shape index (κ3) is 3.83. The molecule has 3 rings (SSSR count). The summed E-state index contributed by atoms with van der Waals surface area (Å²) in [5.41, 5.74) is 0.598. The molecular formula is C19H16BrNOS. The van der Waals surface area contributed by atoms with Crippen LogP contribution in [0.4, 0.5) is 0 Å². The number of pyridine rings is 1. The summed E-state index contributed by atoms with van der Waals surface area (Å²) in [6.07, 6.45) is 3.45. The highest BCUT2D eigenvalue weighted by Gasteiger charge is 2.31. The highest BCUT2D eigenvalue weighted by atomic mass is 79.9. The van der Waals surface area contributed by atoms with Crippen molar-refractivity contribution in [1.82, 2.24) is 4.98 Å². The number of rotatable bonds is 5. The molecule has 116 valence electrons. The van der Waals surface area contributed by atoms with Crippen molar-refractivity contribution in [2.24, 2.45) is 0 Å². The van der Waals surface area contributed by atoms with Gasteiger partial charge >= 0.3 is 0 Å². The van der Waals surface area contributed by atoms with Gasteiger partial charge in [-0.2, -0.15) is 0 Å². The van der Waals surface area contributed by atoms with Crippen molar-refractivity contribution >= 4 is 27.7 Å². The lowest BCUT2D eigenvalue weighted by atomic mass is 9.89. The first-order chi connectivity index (χ1) is 11.2. The number of nitrogens with zero attached hydrogens (tertiary/aromatic N) is 1. The molecule has 0 saturated heterocycles. The fourth-order valence-electron chi connectivity index (χ4n) is 2.37. The lowest BCUT2D eigenvalue weighted by molar-refractivity contribution is 0.107. The van der Waals surface area contributed by atoms with Crippen LogP contribution in [0.15, 0.2) is 88.5 Å². The third-order valence-corrected chi connectivity index (χ3v) is 5.35. The lowest BCUT2D eigenvalue weighted by Gasteiger charge is -2.28. The van der Waals surface area contributed by atoms with Crippen LogP contribution in [-0.4, -0.2) is 15.8 Å². The van der Waals surface area contributed by atoms with E-state index in [9.17, 15) is 5.11 Å². The van der Waals surface area contributed by atoms with Gasteiger partial charge in [0.15, 0.2) is 0 Å². The Morgan fingerprint density at radius 3 is 2.26 bits per heavy atom. The van der Waals surface area contributed by atoms with E-state index < -0.39 is 5.60 Å². The molecule has 0 aliphatic heterocycles. The van der Waals surface area contributed by atoms with Gasteiger partial charge in [-0.15, -0.1) is 11.8 Å². The van der Waals surface area contributed by atoms with Crippen LogP contribution in [0.3, 0.4) is 0 Å². The predicted octanol–water partition coefficient (Wildman–Crippen LogP) is 4.87. The van der Waals surface area contributed by atoms with E-state index in [0.29, 0.717) is 5.75 Å². The van der Waals surface area contributed by atoms with Gasteiger partial charge in [0.25, 0.3) is 0 Å². The van der Waals surface area contributed by atoms with E-state index in [2.05, 4.69) is 20.9 Å². The summed E-state index contributed by atoms with van der Waals surface area (Å²) in [5.74, 6) is 0.518. The standard InChI is InChI=1S/C19H16BrNOS/c20-17-8-10-18(11-9-17)23-14-19(22,15-5-2-1-3-6-15)16-7-4-12-21-13-16/h1-13,22H,14H2. The Kier molecular flexibility index (Phi) is 5.16. The van der Waals surface area contributed by atoms with Gasteiger partial charge in [0.1, 0.15) is 5.60 Å². The second-order valence-corrected chi connectivity index (χ2v) is 7.18. The van der Waals surface area contributed by atoms with Gasteiger partial charge in [-0.3, -0.25) is 4.98 Å². The number of hydrogen-bond donors (Lipinski definition) is 1. The molecule has 2 nitrogen and oxygen atoms in total. The maximum Gasteiger partial charge on any atom is 0.125 e. The zero-order valence-electron chi connectivity index (χ0n) is 12.4. The van der Waals surface area contributed by atoms with E-state index in [1.165, 1.54) is 0 Å². The van der Waals surface area contributed by atoms with Crippen molar-refractivity contribution in [3.63, 3.8) is 0 Å². The van der Waals surface area contributed by atoms with Crippen molar-refractivity contribution in [1.29, 1.82) is 0 Å². The number of halogens is 1. The number of benzene rings is 2. The molecule has 1 N–H and O–H groups in total. The van der Waals surface area contributed by atoms with E-state index in [1.807, 2.05) is 66.7 Å². The lowest BCUT2D eigenvalue weighted by Crippen LogP contribution is -2.30. The summed E-state index contributed by atoms with van der Waals surface area (Å²) in [6.45, 7) is 0. The highest BCUT2D eigenvalue weighted by Crippen LogP contribution is 2.35. The molecule has 0 radical (unpaired) electrons. The van der Waals surface area contributed by atoms with Gasteiger partial charge < -0.3 is 5.11 Å². The van der Waals surface area contributed by atoms with E-state index >= 15 is 0 Å². The maximum absolute atomic E-state index is 11.4. The monoisotopic (exact) mass is 385 g/mol. The predicted molar refractivity (Wildman–Crippen MR) is 98.5 cm³/mol. The van der Waals surface area contributed by atoms with Crippen molar-refractivity contribution in [3.05, 3.63) is 94.7 Å². The van der Waals surface area contributed by atoms with Gasteiger partial charge in [-0.25, -0.2) is 0 Å². The summed E-state index contributed by atoms with van der Waals surface area (Å²) >= 11 is 5.07. The summed E-state index contributed by atoms with van der Waals surface area (Å²) in [5, 5.41) is 11.4. The van der Waals surface area contributed by atoms with Crippen molar-refractivity contribution in [2.75, 3.05) is 5.75 Å². The Morgan fingerprint density at radius 1 is 0.913 bits per heavy atom. The Balaban J connectivity index is 1.91. The second kappa shape index (κ2) is 7.30. The largest absolute Gasteiger partial charge is 0.379 e. The summed E-state index contributed by atoms with van der Waals surface area (Å²) in [7, 11) is 0. The first-order valence-electron chi connectivity index (χ1n) is 7.25. The Morgan fingerprint density at radius 2 is 1.61 bits per heavy atom. The zero-order valence-corrected chi connectivity index (χ0v) is 14.8. The zero-order chi connectivity index (χ0) is 16.1. The molecular weight excluding hydrogens is 370 g/mol. The van der Waals surface area contributed by atoms with Crippen LogP contribution in [0.25, 0.3) is 0 Å². The molecule has 0 fully saturated rings. The molecule has 0 aliphatic carbocycles. The molecule has 0 aliphatic rings. The number of thioether (sulfide) groups is 1. The van der Waals surface area contributed by atoms with Gasteiger partial charge in [0.05, 0.1) is 0 Å². The van der Waals surface area contributed by atoms with Crippen LogP contribution < -0.4 is 0 Å². The molecule has 23 heavy (non-hydrogen) atoms. The molecule has 0 amide bonds. The normalized spacial score (nSPS) is 13.5. The Labute approximate surface area is 148 Å². The third-order valence-electron chi connectivity index (χ3n) is 3.65. The summed E-state index contributed by atoms with van der Waals surface area (Å²) < 4.78 is 1.05. The minimum atomic E-state index is -1.08. The van der Waals surface area contributed by atoms with Crippen LogP contribution in [0, 0.1) is 0 Å². The quantitative estimate of drug-likeness (QED) is 0.635. The molecule has 0 saturated carbocycles. The van der Waals surface area contributed by atoms with E-state index in [4.69, 9.17) is 0 Å². The van der Waals surface area contributed by atoms with Crippen molar-refractivity contribution in [3.8, 4) is 0 Å². The minimum Gasteiger partial charge on any atom is -0.379 e. The maximum atomic E-state index is 11.4. The number of aromatic nitrogens is 1. The Bertz CT molecular complexity index is 708. The molecule has 2 aromatic carbocycles. The van der Waals surface area contributed by atoms with E-state index in [0.717, 1.165) is 20.5 Å². The molecule has 1 heterocycles. The van der Waals surface area contributed by atoms with Crippen LogP contribution in [0.2, 0.25) is 0 Å². The van der Waals surface area contributed by atoms with Crippen LogP contribution in [0.1, 0.15) is 11.1 Å². The first-order valence-corrected chi connectivity index (χ1v) is 9.03. The average Bonchev–Trinajstić information content (AvgIpc) is 2.62. The number of aliphatic hydroxyl groups is 1. The minimum absolute atomic E-state index is 0.518. The molecule has 1 unspecified atom stereocenters. The SMILES string of the molecule is OC(CSc1ccc(Br)cc1)(c1ccccc1)c1cccnc1. The number of hydrogen-bond acceptors (Lipinski definition) is 3. The molecule has 1 atom stereocenters. The smallest absolute Gasteiger partial charge is 0.125 e. The van der Waals surface area contributed by atoms with Crippen molar-refractivity contribution in [2.45, 2.75) is 10.5 Å². The molecule has 3 aromatic rings. The van der Waals surface area contributed by atoms with Crippen LogP contribution in [0.5, 0.6) is 0 Å². The van der Waals surface area contributed by atoms with Crippen LogP contribution >= 0.6 is 27.7 Å².